The SMILES string of the molecule is Oc1cccc(C(c2ccccc2O)(C(F)(F)F)C(F)(F)F)c1. The van der Waals surface area contributed by atoms with Crippen molar-refractivity contribution in [1.82, 2.24) is 0 Å². The van der Waals surface area contributed by atoms with Crippen LogP contribution in [0.5, 0.6) is 11.5 Å². The van der Waals surface area contributed by atoms with Gasteiger partial charge in [0.2, 0.25) is 5.41 Å². The number of hydrogen-bond acceptors (Lipinski definition) is 2. The van der Waals surface area contributed by atoms with Crippen molar-refractivity contribution in [3.63, 3.8) is 0 Å². The van der Waals surface area contributed by atoms with Gasteiger partial charge in [0.15, 0.2) is 0 Å². The highest BCUT2D eigenvalue weighted by atomic mass is 19.4. The molecule has 0 bridgehead atoms. The number of hydrogen-bond donors (Lipinski definition) is 2. The predicted octanol–water partition coefficient (Wildman–Crippen LogP) is 4.51. The summed E-state index contributed by atoms with van der Waals surface area (Å²) in [6, 6.07) is 6.18. The van der Waals surface area contributed by atoms with E-state index in [0.29, 0.717) is 18.2 Å². The maximum Gasteiger partial charge on any atom is 0.411 e. The molecule has 0 aliphatic carbocycles. The summed E-state index contributed by atoms with van der Waals surface area (Å²) in [5.74, 6) is -1.90. The Kier molecular flexibility index (Phi) is 3.96. The van der Waals surface area contributed by atoms with Crippen LogP contribution in [0.25, 0.3) is 0 Å². The average molecular weight is 336 g/mol. The summed E-state index contributed by atoms with van der Waals surface area (Å²) >= 11 is 0. The van der Waals surface area contributed by atoms with Crippen molar-refractivity contribution in [1.29, 1.82) is 0 Å². The molecule has 0 aliphatic rings. The zero-order valence-corrected chi connectivity index (χ0v) is 11.3. The number of para-hydroxylation sites is 1. The minimum Gasteiger partial charge on any atom is -0.508 e. The van der Waals surface area contributed by atoms with Crippen LogP contribution in [0.2, 0.25) is 0 Å². The van der Waals surface area contributed by atoms with Gasteiger partial charge in [0.1, 0.15) is 11.5 Å². The molecule has 2 N–H and O–H groups in total. The van der Waals surface area contributed by atoms with E-state index < -0.39 is 40.4 Å². The largest absolute Gasteiger partial charge is 0.508 e. The first-order valence-electron chi connectivity index (χ1n) is 6.23. The summed E-state index contributed by atoms with van der Waals surface area (Å²) in [5, 5.41) is 19.0. The Morgan fingerprint density at radius 1 is 0.696 bits per heavy atom. The van der Waals surface area contributed by atoms with Gasteiger partial charge in [-0.1, -0.05) is 30.3 Å². The van der Waals surface area contributed by atoms with E-state index in [4.69, 9.17) is 0 Å². The number of phenolic OH excluding ortho intramolecular Hbond substituents is 2. The van der Waals surface area contributed by atoms with Gasteiger partial charge in [-0.3, -0.25) is 0 Å². The lowest BCUT2D eigenvalue weighted by Gasteiger charge is -2.38. The van der Waals surface area contributed by atoms with Gasteiger partial charge in [-0.15, -0.1) is 0 Å². The molecular formula is C15H10F6O2. The number of halogens is 6. The third-order valence-corrected chi connectivity index (χ3v) is 3.44. The molecule has 2 rings (SSSR count). The molecule has 124 valence electrons. The summed E-state index contributed by atoms with van der Waals surface area (Å²) in [6.07, 6.45) is -11.6. The molecule has 0 saturated heterocycles. The molecule has 0 aromatic heterocycles. The van der Waals surface area contributed by atoms with Crippen LogP contribution in [-0.4, -0.2) is 22.6 Å². The standard InChI is InChI=1S/C15H10F6O2/c16-14(17,18)13(15(19,20)21,9-4-3-5-10(22)8-9)11-6-1-2-7-12(11)23/h1-8,22-23H. The number of phenols is 2. The summed E-state index contributed by atoms with van der Waals surface area (Å²) in [5.41, 5.74) is -7.06. The van der Waals surface area contributed by atoms with E-state index in [-0.39, 0.29) is 0 Å². The zero-order valence-electron chi connectivity index (χ0n) is 11.3. The molecule has 0 radical (unpaired) electrons. The van der Waals surface area contributed by atoms with Crippen molar-refractivity contribution in [2.24, 2.45) is 0 Å². The Labute approximate surface area is 126 Å². The van der Waals surface area contributed by atoms with E-state index in [0.717, 1.165) is 30.3 Å². The quantitative estimate of drug-likeness (QED) is 0.792. The number of aromatic hydroxyl groups is 2. The average Bonchev–Trinajstić information content (AvgIpc) is 2.38. The van der Waals surface area contributed by atoms with Crippen molar-refractivity contribution in [3.05, 3.63) is 59.7 Å². The van der Waals surface area contributed by atoms with Gasteiger partial charge in [0.05, 0.1) is 0 Å². The molecule has 2 aromatic carbocycles. The predicted molar refractivity (Wildman–Crippen MR) is 69.1 cm³/mol. The van der Waals surface area contributed by atoms with Crippen LogP contribution in [0.4, 0.5) is 26.3 Å². The second-order valence-electron chi connectivity index (χ2n) is 4.81. The van der Waals surface area contributed by atoms with Crippen LogP contribution < -0.4 is 0 Å². The summed E-state index contributed by atoms with van der Waals surface area (Å²) in [4.78, 5) is 0. The van der Waals surface area contributed by atoms with Crippen molar-refractivity contribution < 1.29 is 36.6 Å². The maximum absolute atomic E-state index is 13.6. The molecule has 0 aliphatic heterocycles. The number of rotatable bonds is 2. The van der Waals surface area contributed by atoms with Crippen molar-refractivity contribution in [2.45, 2.75) is 17.8 Å². The fourth-order valence-corrected chi connectivity index (χ4v) is 2.48. The minimum absolute atomic E-state index is 0.382. The summed E-state index contributed by atoms with van der Waals surface area (Å²) in [7, 11) is 0. The van der Waals surface area contributed by atoms with Gasteiger partial charge in [0.25, 0.3) is 0 Å². The number of benzene rings is 2. The minimum atomic E-state index is -5.81. The zero-order chi connectivity index (χ0) is 17.5. The van der Waals surface area contributed by atoms with Crippen molar-refractivity contribution in [2.75, 3.05) is 0 Å². The van der Waals surface area contributed by atoms with E-state index >= 15 is 0 Å². The monoisotopic (exact) mass is 336 g/mol. The lowest BCUT2D eigenvalue weighted by atomic mass is 9.72. The number of alkyl halides is 6. The molecule has 8 heteroatoms. The van der Waals surface area contributed by atoms with E-state index in [9.17, 15) is 36.6 Å². The van der Waals surface area contributed by atoms with E-state index in [1.807, 2.05) is 0 Å². The Balaban J connectivity index is 2.97. The lowest BCUT2D eigenvalue weighted by Crippen LogP contribution is -2.54. The van der Waals surface area contributed by atoms with Crippen molar-refractivity contribution >= 4 is 0 Å². The Hall–Kier alpha value is -2.38. The first-order valence-corrected chi connectivity index (χ1v) is 6.23. The van der Waals surface area contributed by atoms with Gasteiger partial charge >= 0.3 is 12.4 Å². The van der Waals surface area contributed by atoms with Crippen LogP contribution in [0.1, 0.15) is 11.1 Å². The van der Waals surface area contributed by atoms with Crippen LogP contribution in [0.3, 0.4) is 0 Å². The lowest BCUT2D eigenvalue weighted by molar-refractivity contribution is -0.289. The van der Waals surface area contributed by atoms with E-state index in [1.165, 1.54) is 0 Å². The van der Waals surface area contributed by atoms with Gasteiger partial charge < -0.3 is 10.2 Å². The molecule has 0 saturated carbocycles. The highest BCUT2D eigenvalue weighted by Crippen LogP contribution is 2.58. The molecule has 0 heterocycles. The molecule has 2 nitrogen and oxygen atoms in total. The fourth-order valence-electron chi connectivity index (χ4n) is 2.48. The topological polar surface area (TPSA) is 40.5 Å². The van der Waals surface area contributed by atoms with Gasteiger partial charge in [-0.25, -0.2) is 0 Å². The van der Waals surface area contributed by atoms with Gasteiger partial charge in [0, 0.05) is 5.56 Å². The molecule has 0 amide bonds. The molecular weight excluding hydrogens is 326 g/mol. The molecule has 0 fully saturated rings. The third kappa shape index (κ3) is 2.58. The fraction of sp³-hybridized carbons (Fsp3) is 0.200. The maximum atomic E-state index is 13.6. The molecule has 0 atom stereocenters. The highest BCUT2D eigenvalue weighted by molar-refractivity contribution is 5.51. The normalized spacial score (nSPS) is 13.1. The van der Waals surface area contributed by atoms with Crippen LogP contribution in [0.15, 0.2) is 48.5 Å². The highest BCUT2D eigenvalue weighted by Gasteiger charge is 2.73. The second kappa shape index (κ2) is 5.36. The Bertz CT molecular complexity index is 692. The molecule has 0 unspecified atom stereocenters. The Morgan fingerprint density at radius 3 is 1.74 bits per heavy atom. The summed E-state index contributed by atoms with van der Waals surface area (Å²) < 4.78 is 81.8. The Morgan fingerprint density at radius 2 is 1.26 bits per heavy atom. The molecule has 2 aromatic rings. The van der Waals surface area contributed by atoms with E-state index in [2.05, 4.69) is 0 Å². The smallest absolute Gasteiger partial charge is 0.411 e. The van der Waals surface area contributed by atoms with Crippen molar-refractivity contribution in [3.8, 4) is 11.5 Å². The van der Waals surface area contributed by atoms with Gasteiger partial charge in [-0.2, -0.15) is 26.3 Å². The third-order valence-electron chi connectivity index (χ3n) is 3.44. The van der Waals surface area contributed by atoms with Crippen LogP contribution >= 0.6 is 0 Å². The first-order chi connectivity index (χ1) is 10.5. The van der Waals surface area contributed by atoms with Crippen LogP contribution in [0, 0.1) is 0 Å². The first kappa shape index (κ1) is 17.0. The second-order valence-corrected chi connectivity index (χ2v) is 4.81. The van der Waals surface area contributed by atoms with Crippen LogP contribution in [-0.2, 0) is 5.41 Å². The molecule has 0 spiro atoms. The molecule has 23 heavy (non-hydrogen) atoms. The summed E-state index contributed by atoms with van der Waals surface area (Å²) in [6.45, 7) is 0. The van der Waals surface area contributed by atoms with E-state index in [1.54, 1.807) is 0 Å². The van der Waals surface area contributed by atoms with Gasteiger partial charge in [-0.05, 0) is 23.8 Å².